The number of aliphatic hydroxyl groups excluding tert-OH is 2. The zero-order valence-corrected chi connectivity index (χ0v) is 24.7. The molecule has 2 aliphatic carbocycles. The Morgan fingerprint density at radius 2 is 1.93 bits per heavy atom. The molecule has 2 bridgehead atoms. The van der Waals surface area contributed by atoms with Crippen molar-refractivity contribution >= 4 is 11.9 Å². The van der Waals surface area contributed by atoms with Gasteiger partial charge in [0.25, 0.3) is 0 Å². The number of ether oxygens (including phenoxy) is 6. The summed E-state index contributed by atoms with van der Waals surface area (Å²) < 4.78 is 40.0. The largest absolute Gasteiger partial charge is 0.472 e. The Kier molecular flexibility index (Phi) is 9.27. The van der Waals surface area contributed by atoms with Crippen LogP contribution < -0.4 is 0 Å². The molecule has 0 radical (unpaired) electrons. The molecule has 12 atom stereocenters. The number of cyclic esters (lactones) is 1. The molecule has 5 rings (SSSR count). The number of carbonyl (C=O) groups is 2. The van der Waals surface area contributed by atoms with E-state index < -0.39 is 71.7 Å². The normalized spacial score (nSPS) is 41.3. The van der Waals surface area contributed by atoms with E-state index >= 15 is 0 Å². The van der Waals surface area contributed by atoms with Crippen LogP contribution in [0.3, 0.4) is 0 Å². The molecule has 2 N–H and O–H groups in total. The Bertz CT molecular complexity index is 1160. The Morgan fingerprint density at radius 3 is 2.60 bits per heavy atom. The van der Waals surface area contributed by atoms with E-state index in [9.17, 15) is 19.8 Å². The maximum atomic E-state index is 13.8. The van der Waals surface area contributed by atoms with Crippen LogP contribution >= 0.6 is 0 Å². The number of aliphatic hydroxyl groups is 2. The molecular formula is C31H42O11. The average molecular weight is 591 g/mol. The lowest BCUT2D eigenvalue weighted by Gasteiger charge is -2.59. The van der Waals surface area contributed by atoms with Crippen LogP contribution in [0.2, 0.25) is 0 Å². The number of methoxy groups -OCH3 is 3. The molecule has 0 aromatic carbocycles. The molecular weight excluding hydrogens is 548 g/mol. The topological polar surface area (TPSA) is 143 Å². The van der Waals surface area contributed by atoms with Gasteiger partial charge in [0.15, 0.2) is 0 Å². The van der Waals surface area contributed by atoms with Crippen molar-refractivity contribution in [2.45, 2.75) is 56.9 Å². The van der Waals surface area contributed by atoms with Gasteiger partial charge in [0.05, 0.1) is 55.9 Å². The van der Waals surface area contributed by atoms with Crippen molar-refractivity contribution in [3.05, 3.63) is 48.0 Å². The fourth-order valence-electron chi connectivity index (χ4n) is 7.96. The third kappa shape index (κ3) is 5.14. The summed E-state index contributed by atoms with van der Waals surface area (Å²) in [4.78, 5) is 26.8. The van der Waals surface area contributed by atoms with Crippen molar-refractivity contribution in [1.29, 1.82) is 0 Å². The smallest absolute Gasteiger partial charge is 0.341 e. The van der Waals surface area contributed by atoms with Crippen molar-refractivity contribution in [3.8, 4) is 0 Å². The minimum Gasteiger partial charge on any atom is -0.472 e. The van der Waals surface area contributed by atoms with Crippen molar-refractivity contribution in [2.75, 3.05) is 41.2 Å². The zero-order chi connectivity index (χ0) is 30.2. The quantitative estimate of drug-likeness (QED) is 0.323. The fraction of sp³-hybridized carbons (Fsp3) is 0.677. The minimum atomic E-state index is -1.04. The molecule has 42 heavy (non-hydrogen) atoms. The van der Waals surface area contributed by atoms with Crippen LogP contribution in [0.25, 0.3) is 0 Å². The lowest BCUT2D eigenvalue weighted by molar-refractivity contribution is -0.248. The fourth-order valence-corrected chi connectivity index (χ4v) is 7.96. The highest BCUT2D eigenvalue weighted by Gasteiger charge is 2.67. The van der Waals surface area contributed by atoms with Gasteiger partial charge in [-0.3, -0.25) is 4.79 Å². The minimum absolute atomic E-state index is 0.00493. The first-order valence-corrected chi connectivity index (χ1v) is 14.5. The van der Waals surface area contributed by atoms with Gasteiger partial charge in [-0.25, -0.2) is 4.79 Å². The summed E-state index contributed by atoms with van der Waals surface area (Å²) in [6.45, 7) is 4.10. The third-order valence-corrected chi connectivity index (χ3v) is 9.70. The van der Waals surface area contributed by atoms with Crippen LogP contribution in [0.15, 0.2) is 46.8 Å². The number of carbonyl (C=O) groups excluding carboxylic acids is 2. The molecule has 4 aliphatic rings. The van der Waals surface area contributed by atoms with Crippen molar-refractivity contribution < 1.29 is 52.6 Å². The second-order valence-electron chi connectivity index (χ2n) is 12.0. The van der Waals surface area contributed by atoms with Crippen LogP contribution in [-0.4, -0.2) is 99.9 Å². The molecule has 0 unspecified atom stereocenters. The van der Waals surface area contributed by atoms with Crippen LogP contribution in [0.5, 0.6) is 0 Å². The summed E-state index contributed by atoms with van der Waals surface area (Å²) in [5, 5.41) is 23.0. The monoisotopic (exact) mass is 590 g/mol. The van der Waals surface area contributed by atoms with E-state index in [1.807, 2.05) is 32.1 Å². The highest BCUT2D eigenvalue weighted by atomic mass is 16.6. The third-order valence-electron chi connectivity index (χ3n) is 9.70. The lowest BCUT2D eigenvalue weighted by Crippen LogP contribution is -2.66. The number of hydrogen-bond donors (Lipinski definition) is 2. The van der Waals surface area contributed by atoms with E-state index in [0.717, 1.165) is 5.57 Å². The Hall–Kier alpha value is -2.54. The Balaban J connectivity index is 1.57. The van der Waals surface area contributed by atoms with Crippen molar-refractivity contribution in [2.24, 2.45) is 35.0 Å². The number of hydrogen-bond acceptors (Lipinski definition) is 11. The summed E-state index contributed by atoms with van der Waals surface area (Å²) in [7, 11) is 4.55. The maximum absolute atomic E-state index is 13.8. The van der Waals surface area contributed by atoms with Crippen LogP contribution in [0.1, 0.15) is 30.6 Å². The lowest BCUT2D eigenvalue weighted by atomic mass is 9.51. The van der Waals surface area contributed by atoms with Gasteiger partial charge in [-0.1, -0.05) is 30.7 Å². The molecule has 2 fully saturated rings. The molecule has 1 saturated heterocycles. The number of allylic oxidation sites excluding steroid dienone is 1. The molecule has 0 amide bonds. The number of fused-ring (bicyclic) bond motifs is 2. The summed E-state index contributed by atoms with van der Waals surface area (Å²) in [5.41, 5.74) is 0.376. The van der Waals surface area contributed by atoms with Gasteiger partial charge in [-0.15, -0.1) is 0 Å². The molecule has 1 aromatic rings. The van der Waals surface area contributed by atoms with Gasteiger partial charge in [0.2, 0.25) is 0 Å². The van der Waals surface area contributed by atoms with Gasteiger partial charge in [0, 0.05) is 50.4 Å². The molecule has 2 aliphatic heterocycles. The van der Waals surface area contributed by atoms with E-state index in [4.69, 9.17) is 32.8 Å². The van der Waals surface area contributed by atoms with Crippen LogP contribution in [0.4, 0.5) is 0 Å². The first-order chi connectivity index (χ1) is 20.2. The Morgan fingerprint density at radius 1 is 1.17 bits per heavy atom. The molecule has 1 aromatic heterocycles. The van der Waals surface area contributed by atoms with Gasteiger partial charge in [-0.2, -0.15) is 0 Å². The highest BCUT2D eigenvalue weighted by molar-refractivity contribution is 5.89. The molecule has 1 spiro atoms. The highest BCUT2D eigenvalue weighted by Crippen LogP contribution is 2.62. The van der Waals surface area contributed by atoms with E-state index in [1.165, 1.54) is 39.9 Å². The maximum Gasteiger partial charge on any atom is 0.341 e. The summed E-state index contributed by atoms with van der Waals surface area (Å²) in [6, 6.07) is 1.52. The van der Waals surface area contributed by atoms with Crippen molar-refractivity contribution in [3.63, 3.8) is 0 Å². The second-order valence-corrected chi connectivity index (χ2v) is 12.0. The summed E-state index contributed by atoms with van der Waals surface area (Å²) in [5.74, 6) is -3.55. The van der Waals surface area contributed by atoms with E-state index in [2.05, 4.69) is 0 Å². The SMILES string of the molecule is COC[C@@H]1[C@@H](O)[C@@H]2C[C@H](O[C@@H]3C=C[C@@H]4[C@@H](COC)C(=O)O[C@H]([C@H](O)COC)[C@H](C)/C=C(\C)[C@@]432)[C@@H]1OC(=O)c1ccoc1. The summed E-state index contributed by atoms with van der Waals surface area (Å²) in [6.07, 6.45) is 4.40. The number of rotatable bonds is 9. The molecule has 232 valence electrons. The van der Waals surface area contributed by atoms with E-state index in [-0.39, 0.29) is 37.2 Å². The zero-order valence-electron chi connectivity index (χ0n) is 24.7. The predicted molar refractivity (Wildman–Crippen MR) is 147 cm³/mol. The van der Waals surface area contributed by atoms with Crippen LogP contribution in [-0.2, 0) is 33.2 Å². The van der Waals surface area contributed by atoms with Crippen molar-refractivity contribution in [1.82, 2.24) is 0 Å². The van der Waals surface area contributed by atoms with Gasteiger partial charge < -0.3 is 43.1 Å². The van der Waals surface area contributed by atoms with E-state index in [0.29, 0.717) is 6.42 Å². The van der Waals surface area contributed by atoms with Gasteiger partial charge in [-0.05, 0) is 19.4 Å². The molecule has 11 nitrogen and oxygen atoms in total. The molecule has 11 heteroatoms. The predicted octanol–water partition coefficient (Wildman–Crippen LogP) is 2.17. The molecule has 1 saturated carbocycles. The van der Waals surface area contributed by atoms with E-state index in [1.54, 1.807) is 0 Å². The first kappa shape index (κ1) is 30.9. The Labute approximate surface area is 245 Å². The number of furan rings is 1. The average Bonchev–Trinajstić information content (AvgIpc) is 3.64. The molecule has 3 heterocycles. The first-order valence-electron chi connectivity index (χ1n) is 14.5. The van der Waals surface area contributed by atoms with Gasteiger partial charge >= 0.3 is 11.9 Å². The number of esters is 2. The summed E-state index contributed by atoms with van der Waals surface area (Å²) >= 11 is 0. The van der Waals surface area contributed by atoms with Crippen LogP contribution in [0, 0.1) is 35.0 Å². The second kappa shape index (κ2) is 12.6. The van der Waals surface area contributed by atoms with Gasteiger partial charge in [0.1, 0.15) is 24.6 Å². The standard InChI is InChI=1S/C31H42O11/c1-16-10-17(2)31-21(19(13-36-3)30(35)41-27(16)23(32)15-38-5)6-7-25(31)40-24-11-22(31)26(33)20(14-37-4)28(24)42-29(34)18-8-9-39-12-18/h6-10,12,16,19-28,32-33H,11,13-15H2,1-5H3/b17-10+/t16-,19-,20-,21-,22+,23-,24+,25-,26-,27+,28-,31+/m1/s1.